The van der Waals surface area contributed by atoms with Gasteiger partial charge in [0.1, 0.15) is 11.5 Å². The summed E-state index contributed by atoms with van der Waals surface area (Å²) in [5.74, 6) is 0.754. The van der Waals surface area contributed by atoms with Gasteiger partial charge in [0.25, 0.3) is 0 Å². The molecule has 1 aromatic carbocycles. The molecule has 0 spiro atoms. The van der Waals surface area contributed by atoms with Crippen molar-refractivity contribution in [2.75, 3.05) is 7.11 Å². The SMILES string of the molecule is COc1ccc([C@@H](O)CC(=O)C[C@@H](O[Si](C)(C)C(C)(C)C)C(C)(C)C)cc1. The Morgan fingerprint density at radius 1 is 1.04 bits per heavy atom. The van der Waals surface area contributed by atoms with Gasteiger partial charge in [-0.1, -0.05) is 53.7 Å². The van der Waals surface area contributed by atoms with Gasteiger partial charge in [-0.2, -0.15) is 0 Å². The van der Waals surface area contributed by atoms with Gasteiger partial charge in [-0.25, -0.2) is 0 Å². The highest BCUT2D eigenvalue weighted by atomic mass is 28.4. The van der Waals surface area contributed by atoms with Crippen LogP contribution in [0.25, 0.3) is 0 Å². The minimum Gasteiger partial charge on any atom is -0.497 e. The fourth-order valence-corrected chi connectivity index (χ4v) is 4.01. The van der Waals surface area contributed by atoms with E-state index < -0.39 is 14.4 Å². The minimum atomic E-state index is -1.99. The van der Waals surface area contributed by atoms with Crippen molar-refractivity contribution in [1.29, 1.82) is 0 Å². The van der Waals surface area contributed by atoms with E-state index in [4.69, 9.17) is 9.16 Å². The maximum Gasteiger partial charge on any atom is 0.192 e. The molecule has 0 aromatic heterocycles. The van der Waals surface area contributed by atoms with Gasteiger partial charge in [-0.3, -0.25) is 4.79 Å². The van der Waals surface area contributed by atoms with Crippen molar-refractivity contribution in [3.63, 3.8) is 0 Å². The summed E-state index contributed by atoms with van der Waals surface area (Å²) in [6.45, 7) is 17.4. The third-order valence-electron chi connectivity index (χ3n) is 5.54. The first-order valence-corrected chi connectivity index (χ1v) is 12.6. The lowest BCUT2D eigenvalue weighted by molar-refractivity contribution is -0.124. The van der Waals surface area contributed by atoms with Gasteiger partial charge in [-0.05, 0) is 41.2 Å². The van der Waals surface area contributed by atoms with E-state index in [1.54, 1.807) is 31.4 Å². The van der Waals surface area contributed by atoms with Gasteiger partial charge in [0.15, 0.2) is 8.32 Å². The second kappa shape index (κ2) is 8.89. The number of ether oxygens (including phenoxy) is 1. The summed E-state index contributed by atoms with van der Waals surface area (Å²) in [6, 6.07) is 7.18. The van der Waals surface area contributed by atoms with E-state index in [-0.39, 0.29) is 28.8 Å². The van der Waals surface area contributed by atoms with Gasteiger partial charge in [0.05, 0.1) is 19.3 Å². The van der Waals surface area contributed by atoms with Gasteiger partial charge < -0.3 is 14.3 Å². The zero-order chi connectivity index (χ0) is 21.0. The Bertz CT molecular complexity index is 609. The number of hydrogen-bond acceptors (Lipinski definition) is 4. The smallest absolute Gasteiger partial charge is 0.192 e. The van der Waals surface area contributed by atoms with Crippen molar-refractivity contribution in [2.45, 2.75) is 84.7 Å². The number of Topliss-reactive ketones (excluding diaryl/α,β-unsaturated/α-hetero) is 1. The Morgan fingerprint density at radius 3 is 1.96 bits per heavy atom. The van der Waals surface area contributed by atoms with Crippen LogP contribution in [-0.4, -0.2) is 32.4 Å². The number of rotatable bonds is 8. The fourth-order valence-electron chi connectivity index (χ4n) is 2.51. The molecule has 0 bridgehead atoms. The predicted octanol–water partition coefficient (Wildman–Crippen LogP) is 5.51. The molecule has 2 atom stereocenters. The molecule has 4 nitrogen and oxygen atoms in total. The zero-order valence-electron chi connectivity index (χ0n) is 18.6. The summed E-state index contributed by atoms with van der Waals surface area (Å²) >= 11 is 0. The van der Waals surface area contributed by atoms with Crippen LogP contribution in [0.4, 0.5) is 0 Å². The monoisotopic (exact) mass is 394 g/mol. The minimum absolute atomic E-state index is 0.0250. The number of aliphatic hydroxyl groups excluding tert-OH is 1. The Morgan fingerprint density at radius 2 is 1.56 bits per heavy atom. The Balaban J connectivity index is 2.81. The van der Waals surface area contributed by atoms with E-state index in [1.807, 2.05) is 0 Å². The molecule has 0 unspecified atom stereocenters. The Hall–Kier alpha value is -1.17. The van der Waals surface area contributed by atoms with Gasteiger partial charge >= 0.3 is 0 Å². The lowest BCUT2D eigenvalue weighted by Gasteiger charge is -2.43. The summed E-state index contributed by atoms with van der Waals surface area (Å²) in [4.78, 5) is 12.7. The quantitative estimate of drug-likeness (QED) is 0.590. The first kappa shape index (κ1) is 23.9. The standard InChI is InChI=1S/C22H38O4Si/c1-21(2,3)20(26-27(8,9)22(4,5)6)15-17(23)14-19(24)16-10-12-18(25-7)13-11-16/h10-13,19-20,24H,14-15H2,1-9H3/t19-,20+/m0/s1. The largest absolute Gasteiger partial charge is 0.497 e. The topological polar surface area (TPSA) is 55.8 Å². The molecule has 0 fully saturated rings. The van der Waals surface area contributed by atoms with E-state index in [0.717, 1.165) is 11.3 Å². The molecular formula is C22H38O4Si. The van der Waals surface area contributed by atoms with Crippen LogP contribution >= 0.6 is 0 Å². The first-order valence-electron chi connectivity index (χ1n) is 9.69. The fraction of sp³-hybridized carbons (Fsp3) is 0.682. The lowest BCUT2D eigenvalue weighted by Crippen LogP contribution is -2.48. The van der Waals surface area contributed by atoms with Crippen LogP contribution in [0, 0.1) is 5.41 Å². The van der Waals surface area contributed by atoms with Crippen LogP contribution in [0.2, 0.25) is 18.1 Å². The third-order valence-corrected chi connectivity index (χ3v) is 10.0. The van der Waals surface area contributed by atoms with Crippen LogP contribution in [-0.2, 0) is 9.22 Å². The molecule has 154 valence electrons. The van der Waals surface area contributed by atoms with Gasteiger partial charge in [-0.15, -0.1) is 0 Å². The van der Waals surface area contributed by atoms with Crippen LogP contribution < -0.4 is 4.74 Å². The van der Waals surface area contributed by atoms with E-state index in [9.17, 15) is 9.90 Å². The maximum absolute atomic E-state index is 12.7. The first-order chi connectivity index (χ1) is 12.2. The summed E-state index contributed by atoms with van der Waals surface area (Å²) < 4.78 is 11.7. The highest BCUT2D eigenvalue weighted by Gasteiger charge is 2.42. The average Bonchev–Trinajstić information content (AvgIpc) is 2.52. The molecule has 1 rings (SSSR count). The van der Waals surface area contributed by atoms with Crippen LogP contribution in [0.15, 0.2) is 24.3 Å². The number of benzene rings is 1. The molecule has 1 N–H and O–H groups in total. The van der Waals surface area contributed by atoms with Crippen LogP contribution in [0.1, 0.15) is 66.1 Å². The molecule has 0 aliphatic heterocycles. The summed E-state index contributed by atoms with van der Waals surface area (Å²) in [7, 11) is -0.386. The second-order valence-electron chi connectivity index (χ2n) is 9.97. The number of hydrogen-bond donors (Lipinski definition) is 1. The van der Waals surface area contributed by atoms with Gasteiger partial charge in [0, 0.05) is 12.8 Å². The van der Waals surface area contributed by atoms with Crippen molar-refractivity contribution in [2.24, 2.45) is 5.41 Å². The molecule has 0 aliphatic carbocycles. The van der Waals surface area contributed by atoms with E-state index in [0.29, 0.717) is 6.42 Å². The molecule has 0 radical (unpaired) electrons. The number of aliphatic hydroxyl groups is 1. The highest BCUT2D eigenvalue weighted by Crippen LogP contribution is 2.40. The Labute approximate surface area is 166 Å². The van der Waals surface area contributed by atoms with Crippen molar-refractivity contribution >= 4 is 14.1 Å². The van der Waals surface area contributed by atoms with Crippen molar-refractivity contribution in [3.05, 3.63) is 29.8 Å². The number of carbonyl (C=O) groups excluding carboxylic acids is 1. The zero-order valence-corrected chi connectivity index (χ0v) is 19.6. The van der Waals surface area contributed by atoms with E-state index in [1.165, 1.54) is 0 Å². The third kappa shape index (κ3) is 7.05. The maximum atomic E-state index is 12.7. The molecule has 5 heteroatoms. The van der Waals surface area contributed by atoms with Crippen LogP contribution in [0.5, 0.6) is 5.75 Å². The molecular weight excluding hydrogens is 356 g/mol. The van der Waals surface area contributed by atoms with Crippen molar-refractivity contribution < 1.29 is 19.1 Å². The molecule has 0 aliphatic rings. The molecule has 1 aromatic rings. The molecule has 0 saturated heterocycles. The number of ketones is 1. The number of methoxy groups -OCH3 is 1. The summed E-state index contributed by atoms with van der Waals surface area (Å²) in [6.07, 6.45) is -0.547. The molecule has 0 heterocycles. The van der Waals surface area contributed by atoms with Gasteiger partial charge in [0.2, 0.25) is 0 Å². The molecule has 0 amide bonds. The van der Waals surface area contributed by atoms with E-state index in [2.05, 4.69) is 54.6 Å². The highest BCUT2D eigenvalue weighted by molar-refractivity contribution is 6.74. The molecule has 0 saturated carbocycles. The predicted molar refractivity (Wildman–Crippen MR) is 114 cm³/mol. The summed E-state index contributed by atoms with van der Waals surface area (Å²) in [5, 5.41) is 10.5. The van der Waals surface area contributed by atoms with Crippen molar-refractivity contribution in [1.82, 2.24) is 0 Å². The van der Waals surface area contributed by atoms with E-state index >= 15 is 0 Å². The lowest BCUT2D eigenvalue weighted by atomic mass is 9.85. The second-order valence-corrected chi connectivity index (χ2v) is 14.7. The molecule has 27 heavy (non-hydrogen) atoms. The normalized spacial score (nSPS) is 15.3. The number of carbonyl (C=O) groups is 1. The summed E-state index contributed by atoms with van der Waals surface area (Å²) in [5.41, 5.74) is 0.581. The average molecular weight is 395 g/mol. The van der Waals surface area contributed by atoms with Crippen LogP contribution in [0.3, 0.4) is 0 Å². The van der Waals surface area contributed by atoms with Crippen molar-refractivity contribution in [3.8, 4) is 5.75 Å². The Kier molecular flexibility index (Phi) is 7.85.